The van der Waals surface area contributed by atoms with Crippen LogP contribution >= 0.6 is 0 Å². The highest BCUT2D eigenvalue weighted by atomic mass is 16.5. The van der Waals surface area contributed by atoms with Gasteiger partial charge in [0.05, 0.1) is 7.11 Å². The van der Waals surface area contributed by atoms with Crippen molar-refractivity contribution in [2.45, 2.75) is 59.2 Å². The van der Waals surface area contributed by atoms with Gasteiger partial charge < -0.3 is 14.4 Å². The highest BCUT2D eigenvalue weighted by Crippen LogP contribution is 2.30. The van der Waals surface area contributed by atoms with Gasteiger partial charge in [-0.15, -0.1) is 0 Å². The summed E-state index contributed by atoms with van der Waals surface area (Å²) in [4.78, 5) is 26.0. The van der Waals surface area contributed by atoms with Gasteiger partial charge in [-0.2, -0.15) is 0 Å². The number of nitrogens with zero attached hydrogens (tertiary/aromatic N) is 1. The zero-order valence-electron chi connectivity index (χ0n) is 12.6. The summed E-state index contributed by atoms with van der Waals surface area (Å²) >= 11 is 0. The number of methoxy groups -OCH3 is 1. The van der Waals surface area contributed by atoms with Gasteiger partial charge in [-0.25, -0.2) is 4.79 Å². The smallest absolute Gasteiger partial charge is 0.328 e. The third-order valence-electron chi connectivity index (χ3n) is 3.28. The number of esters is 1. The van der Waals surface area contributed by atoms with Crippen LogP contribution in [0.2, 0.25) is 0 Å². The van der Waals surface area contributed by atoms with E-state index < -0.39 is 11.5 Å². The Morgan fingerprint density at radius 2 is 1.89 bits per heavy atom. The zero-order valence-corrected chi connectivity index (χ0v) is 12.6. The van der Waals surface area contributed by atoms with Crippen LogP contribution in [0.1, 0.15) is 47.0 Å². The van der Waals surface area contributed by atoms with E-state index in [1.807, 2.05) is 27.7 Å². The Labute approximate surface area is 115 Å². The van der Waals surface area contributed by atoms with Crippen molar-refractivity contribution < 1.29 is 19.1 Å². The van der Waals surface area contributed by atoms with E-state index in [-0.39, 0.29) is 18.1 Å². The molecule has 5 nitrogen and oxygen atoms in total. The molecule has 1 aliphatic rings. The van der Waals surface area contributed by atoms with E-state index in [1.54, 1.807) is 4.90 Å². The molecule has 1 fully saturated rings. The third kappa shape index (κ3) is 3.69. The molecule has 1 heterocycles. The summed E-state index contributed by atoms with van der Waals surface area (Å²) in [5.74, 6) is -0.428. The first-order valence-corrected chi connectivity index (χ1v) is 6.85. The Hall–Kier alpha value is -1.10. The van der Waals surface area contributed by atoms with Crippen molar-refractivity contribution in [1.29, 1.82) is 0 Å². The summed E-state index contributed by atoms with van der Waals surface area (Å²) in [5.41, 5.74) is -0.543. The minimum atomic E-state index is -0.543. The summed E-state index contributed by atoms with van der Waals surface area (Å²) in [6.45, 7) is 7.96. The first kappa shape index (κ1) is 16.0. The maximum absolute atomic E-state index is 12.6. The van der Waals surface area contributed by atoms with Gasteiger partial charge in [0.25, 0.3) is 0 Å². The maximum atomic E-state index is 12.6. The molecule has 1 saturated heterocycles. The number of hydrogen-bond donors (Lipinski definition) is 0. The lowest BCUT2D eigenvalue weighted by atomic mass is 9.90. The van der Waals surface area contributed by atoms with E-state index in [1.165, 1.54) is 7.11 Å². The molecule has 110 valence electrons. The molecule has 0 aromatic rings. The van der Waals surface area contributed by atoms with E-state index in [2.05, 4.69) is 0 Å². The first-order chi connectivity index (χ1) is 8.82. The van der Waals surface area contributed by atoms with Crippen molar-refractivity contribution in [3.8, 4) is 0 Å². The summed E-state index contributed by atoms with van der Waals surface area (Å²) < 4.78 is 10.5. The second-order valence-electron chi connectivity index (χ2n) is 5.84. The van der Waals surface area contributed by atoms with Gasteiger partial charge >= 0.3 is 5.97 Å². The second-order valence-corrected chi connectivity index (χ2v) is 5.84. The van der Waals surface area contributed by atoms with Crippen LogP contribution in [0.4, 0.5) is 0 Å². The summed E-state index contributed by atoms with van der Waals surface area (Å²) in [7, 11) is 1.35. The fraction of sp³-hybridized carbons (Fsp3) is 0.857. The lowest BCUT2D eigenvalue weighted by Crippen LogP contribution is -2.57. The molecule has 1 rings (SSSR count). The van der Waals surface area contributed by atoms with Crippen LogP contribution in [-0.2, 0) is 19.1 Å². The lowest BCUT2D eigenvalue weighted by molar-refractivity contribution is -0.177. The van der Waals surface area contributed by atoms with E-state index in [0.717, 1.165) is 12.8 Å². The molecule has 0 spiro atoms. The Kier molecular flexibility index (Phi) is 5.35. The van der Waals surface area contributed by atoms with Gasteiger partial charge in [0.1, 0.15) is 12.3 Å². The normalized spacial score (nSPS) is 24.2. The number of hydrogen-bond acceptors (Lipinski definition) is 4. The zero-order chi connectivity index (χ0) is 14.6. The van der Waals surface area contributed by atoms with Gasteiger partial charge in [0.15, 0.2) is 0 Å². The summed E-state index contributed by atoms with van der Waals surface area (Å²) in [6, 6.07) is -0.526. The molecule has 2 atom stereocenters. The molecule has 0 N–H and O–H groups in total. The Morgan fingerprint density at radius 1 is 1.26 bits per heavy atom. The van der Waals surface area contributed by atoms with E-state index in [4.69, 9.17) is 9.47 Å². The van der Waals surface area contributed by atoms with Crippen LogP contribution in [0.25, 0.3) is 0 Å². The fourth-order valence-electron chi connectivity index (χ4n) is 2.35. The molecular formula is C14H25NO4. The number of amides is 1. The SMILES string of the molecule is CCOC1CCC[C@@H](C(=O)OC)N1C(=O)C(C)(C)C. The molecule has 0 bridgehead atoms. The number of rotatable bonds is 3. The molecule has 0 saturated carbocycles. The van der Waals surface area contributed by atoms with Crippen molar-refractivity contribution in [1.82, 2.24) is 4.90 Å². The fourth-order valence-corrected chi connectivity index (χ4v) is 2.35. The number of ether oxygens (including phenoxy) is 2. The third-order valence-corrected chi connectivity index (χ3v) is 3.28. The van der Waals surface area contributed by atoms with Crippen LogP contribution in [0.5, 0.6) is 0 Å². The molecule has 1 aliphatic heterocycles. The topological polar surface area (TPSA) is 55.8 Å². The Balaban J connectivity index is 3.02. The van der Waals surface area contributed by atoms with Gasteiger partial charge in [-0.1, -0.05) is 20.8 Å². The second kappa shape index (κ2) is 6.37. The number of likely N-dealkylation sites (tertiary alicyclic amines) is 1. The molecule has 0 aromatic heterocycles. The molecule has 0 aromatic carbocycles. The van der Waals surface area contributed by atoms with E-state index >= 15 is 0 Å². The highest BCUT2D eigenvalue weighted by Gasteiger charge is 2.42. The average molecular weight is 271 g/mol. The molecule has 1 unspecified atom stereocenters. The molecule has 0 aliphatic carbocycles. The summed E-state index contributed by atoms with van der Waals surface area (Å²) in [5, 5.41) is 0. The van der Waals surface area contributed by atoms with Crippen molar-refractivity contribution in [3.63, 3.8) is 0 Å². The predicted octanol–water partition coefficient (Wildman–Crippen LogP) is 1.95. The summed E-state index contributed by atoms with van der Waals surface area (Å²) in [6.07, 6.45) is 1.94. The van der Waals surface area contributed by atoms with Gasteiger partial charge in [0, 0.05) is 12.0 Å². The van der Waals surface area contributed by atoms with Crippen LogP contribution in [0, 0.1) is 5.41 Å². The molecule has 0 radical (unpaired) electrons. The number of carbonyl (C=O) groups excluding carboxylic acids is 2. The monoisotopic (exact) mass is 271 g/mol. The average Bonchev–Trinajstić information content (AvgIpc) is 2.36. The highest BCUT2D eigenvalue weighted by molar-refractivity contribution is 5.87. The van der Waals surface area contributed by atoms with Crippen LogP contribution in [0.3, 0.4) is 0 Å². The number of piperidine rings is 1. The van der Waals surface area contributed by atoms with Crippen molar-refractivity contribution in [3.05, 3.63) is 0 Å². The van der Waals surface area contributed by atoms with Crippen LogP contribution in [0.15, 0.2) is 0 Å². The predicted molar refractivity (Wildman–Crippen MR) is 71.4 cm³/mol. The molecule has 1 amide bonds. The van der Waals surface area contributed by atoms with Crippen molar-refractivity contribution in [2.75, 3.05) is 13.7 Å². The van der Waals surface area contributed by atoms with Crippen LogP contribution < -0.4 is 0 Å². The standard InChI is InChI=1S/C14H25NO4/c1-6-19-11-9-7-8-10(12(16)18-5)15(11)13(17)14(2,3)4/h10-11H,6-9H2,1-5H3/t10-,11?/m0/s1. The minimum absolute atomic E-state index is 0.0685. The largest absolute Gasteiger partial charge is 0.467 e. The van der Waals surface area contributed by atoms with E-state index in [9.17, 15) is 9.59 Å². The first-order valence-electron chi connectivity index (χ1n) is 6.85. The van der Waals surface area contributed by atoms with E-state index in [0.29, 0.717) is 13.0 Å². The Morgan fingerprint density at radius 3 is 2.37 bits per heavy atom. The van der Waals surface area contributed by atoms with Gasteiger partial charge in [-0.3, -0.25) is 4.79 Å². The molecule has 5 heteroatoms. The van der Waals surface area contributed by atoms with Gasteiger partial charge in [-0.05, 0) is 26.2 Å². The van der Waals surface area contributed by atoms with Crippen molar-refractivity contribution in [2.24, 2.45) is 5.41 Å². The van der Waals surface area contributed by atoms with Crippen molar-refractivity contribution >= 4 is 11.9 Å². The number of carbonyl (C=O) groups is 2. The quantitative estimate of drug-likeness (QED) is 0.736. The lowest BCUT2D eigenvalue weighted by Gasteiger charge is -2.42. The minimum Gasteiger partial charge on any atom is -0.467 e. The molecular weight excluding hydrogens is 246 g/mol. The Bertz CT molecular complexity index is 333. The molecule has 19 heavy (non-hydrogen) atoms. The maximum Gasteiger partial charge on any atom is 0.328 e. The van der Waals surface area contributed by atoms with Crippen LogP contribution in [-0.4, -0.2) is 42.8 Å². The van der Waals surface area contributed by atoms with Gasteiger partial charge in [0.2, 0.25) is 5.91 Å².